The Kier molecular flexibility index (Phi) is 3.87. The molecule has 0 amide bonds. The van der Waals surface area contributed by atoms with Gasteiger partial charge < -0.3 is 5.32 Å². The third kappa shape index (κ3) is 3.02. The number of anilines is 1. The van der Waals surface area contributed by atoms with Crippen molar-refractivity contribution in [2.24, 2.45) is 0 Å². The highest BCUT2D eigenvalue weighted by atomic mass is 35.5. The maximum Gasteiger partial charge on any atom is 0.126 e. The van der Waals surface area contributed by atoms with Crippen molar-refractivity contribution >= 4 is 17.3 Å². The Bertz CT molecular complexity index is 554. The van der Waals surface area contributed by atoms with Gasteiger partial charge in [0.1, 0.15) is 5.82 Å². The lowest BCUT2D eigenvalue weighted by molar-refractivity contribution is 0.614. The lowest BCUT2D eigenvalue weighted by atomic mass is 10.1. The molecule has 0 radical (unpaired) electrons. The summed E-state index contributed by atoms with van der Waals surface area (Å²) in [7, 11) is 0. The number of rotatable bonds is 3. The van der Waals surface area contributed by atoms with Crippen molar-refractivity contribution in [3.05, 3.63) is 64.4 Å². The molecular weight excluding hydrogens is 249 g/mol. The van der Waals surface area contributed by atoms with E-state index in [0.29, 0.717) is 10.6 Å². The molecule has 0 aliphatic carbocycles. The topological polar surface area (TPSA) is 12.0 Å². The molecule has 2 rings (SSSR count). The fourth-order valence-electron chi connectivity index (χ4n) is 1.79. The minimum absolute atomic E-state index is 0.0265. The van der Waals surface area contributed by atoms with Crippen LogP contribution in [0.1, 0.15) is 24.1 Å². The molecule has 0 spiro atoms. The van der Waals surface area contributed by atoms with Crippen molar-refractivity contribution in [3.63, 3.8) is 0 Å². The van der Waals surface area contributed by atoms with E-state index in [2.05, 4.69) is 5.32 Å². The number of aryl methyl sites for hydroxylation is 1. The largest absolute Gasteiger partial charge is 0.378 e. The first-order valence-electron chi connectivity index (χ1n) is 5.84. The number of hydrogen-bond acceptors (Lipinski definition) is 1. The minimum Gasteiger partial charge on any atom is -0.378 e. The second-order valence-corrected chi connectivity index (χ2v) is 4.82. The highest BCUT2D eigenvalue weighted by Crippen LogP contribution is 2.22. The molecule has 2 aromatic carbocycles. The zero-order valence-corrected chi connectivity index (χ0v) is 11.1. The van der Waals surface area contributed by atoms with Gasteiger partial charge >= 0.3 is 0 Å². The lowest BCUT2D eigenvalue weighted by Crippen LogP contribution is -2.07. The Hall–Kier alpha value is -1.54. The first kappa shape index (κ1) is 12.9. The van der Waals surface area contributed by atoms with Gasteiger partial charge in [0.15, 0.2) is 0 Å². The van der Waals surface area contributed by atoms with E-state index in [-0.39, 0.29) is 11.9 Å². The summed E-state index contributed by atoms with van der Waals surface area (Å²) in [5.41, 5.74) is 2.50. The molecule has 94 valence electrons. The van der Waals surface area contributed by atoms with E-state index >= 15 is 0 Å². The first-order chi connectivity index (χ1) is 8.56. The minimum atomic E-state index is -0.174. The molecule has 1 N–H and O–H groups in total. The van der Waals surface area contributed by atoms with Crippen LogP contribution in [-0.4, -0.2) is 0 Å². The summed E-state index contributed by atoms with van der Waals surface area (Å²) in [6, 6.07) is 12.8. The summed E-state index contributed by atoms with van der Waals surface area (Å²) < 4.78 is 13.5. The fraction of sp³-hybridized carbons (Fsp3) is 0.200. The SMILES string of the molecule is Cc1ccc(C(C)Nc2cccc(Cl)c2)cc1F. The van der Waals surface area contributed by atoms with E-state index < -0.39 is 0 Å². The van der Waals surface area contributed by atoms with E-state index in [1.165, 1.54) is 0 Å². The molecule has 0 aliphatic rings. The molecule has 2 aromatic rings. The van der Waals surface area contributed by atoms with Crippen LogP contribution in [-0.2, 0) is 0 Å². The highest BCUT2D eigenvalue weighted by molar-refractivity contribution is 6.30. The van der Waals surface area contributed by atoms with Crippen molar-refractivity contribution in [1.82, 2.24) is 0 Å². The second kappa shape index (κ2) is 5.40. The van der Waals surface area contributed by atoms with E-state index in [0.717, 1.165) is 11.3 Å². The van der Waals surface area contributed by atoms with Gasteiger partial charge in [-0.2, -0.15) is 0 Å². The Morgan fingerprint density at radius 3 is 2.61 bits per heavy atom. The van der Waals surface area contributed by atoms with Crippen LogP contribution < -0.4 is 5.32 Å². The van der Waals surface area contributed by atoms with Gasteiger partial charge in [-0.25, -0.2) is 4.39 Å². The van der Waals surface area contributed by atoms with E-state index in [1.54, 1.807) is 19.1 Å². The predicted octanol–water partition coefficient (Wildman–Crippen LogP) is 4.96. The molecule has 0 aliphatic heterocycles. The maximum atomic E-state index is 13.5. The summed E-state index contributed by atoms with van der Waals surface area (Å²) in [4.78, 5) is 0. The third-order valence-electron chi connectivity index (χ3n) is 2.90. The zero-order valence-electron chi connectivity index (χ0n) is 10.4. The summed E-state index contributed by atoms with van der Waals surface area (Å²) in [5.74, 6) is -0.174. The summed E-state index contributed by atoms with van der Waals surface area (Å²) in [5, 5.41) is 3.98. The van der Waals surface area contributed by atoms with Crippen LogP contribution in [0.25, 0.3) is 0 Å². The molecule has 0 aromatic heterocycles. The van der Waals surface area contributed by atoms with E-state index in [4.69, 9.17) is 11.6 Å². The number of benzene rings is 2. The summed E-state index contributed by atoms with van der Waals surface area (Å²) >= 11 is 5.92. The third-order valence-corrected chi connectivity index (χ3v) is 3.14. The van der Waals surface area contributed by atoms with Gasteiger partial charge in [-0.15, -0.1) is 0 Å². The molecular formula is C15H15ClFN. The number of nitrogens with one attached hydrogen (secondary N) is 1. The van der Waals surface area contributed by atoms with Gasteiger partial charge in [0.25, 0.3) is 0 Å². The zero-order chi connectivity index (χ0) is 13.1. The molecule has 1 unspecified atom stereocenters. The van der Waals surface area contributed by atoms with Crippen molar-refractivity contribution in [3.8, 4) is 0 Å². The predicted molar refractivity (Wildman–Crippen MR) is 74.6 cm³/mol. The van der Waals surface area contributed by atoms with E-state index in [1.807, 2.05) is 37.3 Å². The maximum absolute atomic E-state index is 13.5. The lowest BCUT2D eigenvalue weighted by Gasteiger charge is -2.16. The van der Waals surface area contributed by atoms with Crippen LogP contribution in [0.4, 0.5) is 10.1 Å². The van der Waals surface area contributed by atoms with Gasteiger partial charge in [-0.3, -0.25) is 0 Å². The molecule has 3 heteroatoms. The second-order valence-electron chi connectivity index (χ2n) is 4.38. The van der Waals surface area contributed by atoms with Crippen LogP contribution in [0.15, 0.2) is 42.5 Å². The molecule has 0 saturated carbocycles. The molecule has 0 saturated heterocycles. The van der Waals surface area contributed by atoms with Crippen molar-refractivity contribution in [1.29, 1.82) is 0 Å². The normalized spacial score (nSPS) is 12.2. The summed E-state index contributed by atoms with van der Waals surface area (Å²) in [6.07, 6.45) is 0. The number of hydrogen-bond donors (Lipinski definition) is 1. The smallest absolute Gasteiger partial charge is 0.126 e. The van der Waals surface area contributed by atoms with Crippen molar-refractivity contribution in [2.45, 2.75) is 19.9 Å². The van der Waals surface area contributed by atoms with Gasteiger partial charge in [0.05, 0.1) is 0 Å². The molecule has 0 fully saturated rings. The highest BCUT2D eigenvalue weighted by Gasteiger charge is 2.07. The Morgan fingerprint density at radius 1 is 1.17 bits per heavy atom. The molecule has 18 heavy (non-hydrogen) atoms. The molecule has 1 atom stereocenters. The first-order valence-corrected chi connectivity index (χ1v) is 6.22. The van der Waals surface area contributed by atoms with Crippen LogP contribution in [0.5, 0.6) is 0 Å². The Morgan fingerprint density at radius 2 is 1.94 bits per heavy atom. The standard InChI is InChI=1S/C15H15ClFN/c1-10-6-7-12(8-15(10)17)11(2)18-14-5-3-4-13(16)9-14/h3-9,11,18H,1-2H3. The average molecular weight is 264 g/mol. The van der Waals surface area contributed by atoms with Crippen molar-refractivity contribution in [2.75, 3.05) is 5.32 Å². The van der Waals surface area contributed by atoms with Gasteiger partial charge in [0, 0.05) is 16.8 Å². The molecule has 0 bridgehead atoms. The van der Waals surface area contributed by atoms with Crippen molar-refractivity contribution < 1.29 is 4.39 Å². The van der Waals surface area contributed by atoms with Crippen LogP contribution in [0.3, 0.4) is 0 Å². The molecule has 1 nitrogen and oxygen atoms in total. The molecule has 0 heterocycles. The quantitative estimate of drug-likeness (QED) is 0.825. The average Bonchev–Trinajstić information content (AvgIpc) is 2.32. The Labute approximate surface area is 112 Å². The van der Waals surface area contributed by atoms with Gasteiger partial charge in [-0.05, 0) is 49.2 Å². The van der Waals surface area contributed by atoms with Crippen LogP contribution in [0.2, 0.25) is 5.02 Å². The Balaban J connectivity index is 2.16. The fourth-order valence-corrected chi connectivity index (χ4v) is 1.98. The van der Waals surface area contributed by atoms with Crippen LogP contribution in [0, 0.1) is 12.7 Å². The van der Waals surface area contributed by atoms with Crippen LogP contribution >= 0.6 is 11.6 Å². The van der Waals surface area contributed by atoms with Gasteiger partial charge in [-0.1, -0.05) is 29.8 Å². The van der Waals surface area contributed by atoms with E-state index in [9.17, 15) is 4.39 Å². The monoisotopic (exact) mass is 263 g/mol. The van der Waals surface area contributed by atoms with Gasteiger partial charge in [0.2, 0.25) is 0 Å². The summed E-state index contributed by atoms with van der Waals surface area (Å²) in [6.45, 7) is 3.75. The number of halogens is 2.